The van der Waals surface area contributed by atoms with E-state index in [-0.39, 0.29) is 24.9 Å². The van der Waals surface area contributed by atoms with Crippen LogP contribution in [0, 0.1) is 0 Å². The number of carbonyl (C=O) groups is 2. The molecule has 2 heterocycles. The van der Waals surface area contributed by atoms with Gasteiger partial charge in [-0.1, -0.05) is 80.4 Å². The van der Waals surface area contributed by atoms with Gasteiger partial charge in [0.1, 0.15) is 34.6 Å². The van der Waals surface area contributed by atoms with Crippen LogP contribution in [0.3, 0.4) is 0 Å². The van der Waals surface area contributed by atoms with Gasteiger partial charge in [0, 0.05) is 33.2 Å². The number of rotatable bonds is 9. The Labute approximate surface area is 283 Å². The standard InChI is InChI=1S/C36H28Br2N4O4/c1-45-29-15-3-23(4-16-29)21-31-35(43)41(33(39-31)25-7-11-27(37)12-8-25)19-20-42-34(26-9-13-28(38)14-10-26)40-32(36(42)44)22-24-5-17-30(46-2)18-6-24/h3-18,21-22H,19-20H2,1-2H3/b31-21-,32-22+. The van der Waals surface area contributed by atoms with Crippen LogP contribution in [0.4, 0.5) is 0 Å². The molecule has 0 fully saturated rings. The SMILES string of the molecule is COc1ccc(/C=C2\N=C(c3ccc(Br)cc3)N(CCN3C(=O)/C(=C\c4ccc(OC)cc4)N=C3c3ccc(Br)cc3)C2=O)cc1. The van der Waals surface area contributed by atoms with Crippen molar-refractivity contribution in [1.29, 1.82) is 0 Å². The van der Waals surface area contributed by atoms with E-state index < -0.39 is 0 Å². The van der Waals surface area contributed by atoms with Crippen molar-refractivity contribution in [2.24, 2.45) is 9.98 Å². The Balaban J connectivity index is 1.31. The van der Waals surface area contributed by atoms with Crippen LogP contribution in [0.25, 0.3) is 12.2 Å². The molecule has 2 aliphatic heterocycles. The molecule has 0 aromatic heterocycles. The fourth-order valence-corrected chi connectivity index (χ4v) is 5.60. The van der Waals surface area contributed by atoms with E-state index in [0.717, 1.165) is 42.7 Å². The summed E-state index contributed by atoms with van der Waals surface area (Å²) in [7, 11) is 3.22. The molecule has 4 aromatic rings. The number of halogens is 2. The fraction of sp³-hybridized carbons (Fsp3) is 0.111. The highest BCUT2D eigenvalue weighted by molar-refractivity contribution is 9.10. The van der Waals surface area contributed by atoms with Crippen molar-refractivity contribution in [1.82, 2.24) is 9.80 Å². The van der Waals surface area contributed by atoms with Gasteiger partial charge >= 0.3 is 0 Å². The summed E-state index contributed by atoms with van der Waals surface area (Å²) in [6.45, 7) is 0.398. The lowest BCUT2D eigenvalue weighted by molar-refractivity contribution is -0.125. The largest absolute Gasteiger partial charge is 0.497 e. The molecule has 0 N–H and O–H groups in total. The summed E-state index contributed by atoms with van der Waals surface area (Å²) in [4.78, 5) is 40.5. The normalized spacial score (nSPS) is 16.3. The average molecular weight is 740 g/mol. The lowest BCUT2D eigenvalue weighted by atomic mass is 10.1. The zero-order valence-electron chi connectivity index (χ0n) is 25.0. The number of hydrogen-bond donors (Lipinski definition) is 0. The molecule has 46 heavy (non-hydrogen) atoms. The highest BCUT2D eigenvalue weighted by atomic mass is 79.9. The number of ether oxygens (including phenoxy) is 2. The maximum absolute atomic E-state index is 13.9. The number of hydrogen-bond acceptors (Lipinski definition) is 6. The minimum Gasteiger partial charge on any atom is -0.497 e. The van der Waals surface area contributed by atoms with E-state index in [1.807, 2.05) is 97.1 Å². The Morgan fingerprint density at radius 2 is 0.913 bits per heavy atom. The van der Waals surface area contributed by atoms with E-state index in [4.69, 9.17) is 19.5 Å². The van der Waals surface area contributed by atoms with E-state index in [9.17, 15) is 9.59 Å². The number of methoxy groups -OCH3 is 2. The van der Waals surface area contributed by atoms with E-state index >= 15 is 0 Å². The van der Waals surface area contributed by atoms with Crippen LogP contribution in [-0.4, -0.2) is 60.6 Å². The third-order valence-corrected chi connectivity index (χ3v) is 8.54. The Kier molecular flexibility index (Phi) is 9.28. The predicted molar refractivity (Wildman–Crippen MR) is 187 cm³/mol. The summed E-state index contributed by atoms with van der Waals surface area (Å²) < 4.78 is 12.4. The lowest BCUT2D eigenvalue weighted by Gasteiger charge is -2.24. The molecule has 8 nitrogen and oxygen atoms in total. The molecular formula is C36H28Br2N4O4. The van der Waals surface area contributed by atoms with Crippen LogP contribution >= 0.6 is 31.9 Å². The van der Waals surface area contributed by atoms with Crippen molar-refractivity contribution in [3.8, 4) is 11.5 Å². The molecule has 0 radical (unpaired) electrons. The quantitative estimate of drug-likeness (QED) is 0.170. The van der Waals surface area contributed by atoms with Crippen molar-refractivity contribution >= 4 is 67.5 Å². The molecule has 0 bridgehead atoms. The van der Waals surface area contributed by atoms with Crippen LogP contribution in [0.5, 0.6) is 11.5 Å². The van der Waals surface area contributed by atoms with Gasteiger partial charge in [-0.2, -0.15) is 0 Å². The highest BCUT2D eigenvalue weighted by Crippen LogP contribution is 2.27. The molecular weight excluding hydrogens is 712 g/mol. The van der Waals surface area contributed by atoms with Crippen LogP contribution in [-0.2, 0) is 9.59 Å². The summed E-state index contributed by atoms with van der Waals surface area (Å²) in [6, 6.07) is 30.1. The minimum absolute atomic E-state index is 0.199. The van der Waals surface area contributed by atoms with Crippen LogP contribution in [0.1, 0.15) is 22.3 Å². The van der Waals surface area contributed by atoms with Gasteiger partial charge in [0.2, 0.25) is 0 Å². The molecule has 0 saturated carbocycles. The molecule has 230 valence electrons. The third kappa shape index (κ3) is 6.73. The molecule has 0 unspecified atom stereocenters. The van der Waals surface area contributed by atoms with Gasteiger partial charge in [-0.15, -0.1) is 0 Å². The second-order valence-corrected chi connectivity index (χ2v) is 12.2. The molecule has 0 aliphatic carbocycles. The summed E-state index contributed by atoms with van der Waals surface area (Å²) >= 11 is 6.97. The number of carbonyl (C=O) groups excluding carboxylic acids is 2. The van der Waals surface area contributed by atoms with E-state index in [1.54, 1.807) is 36.2 Å². The van der Waals surface area contributed by atoms with Crippen molar-refractivity contribution in [2.45, 2.75) is 0 Å². The summed E-state index contributed by atoms with van der Waals surface area (Å²) in [5.41, 5.74) is 3.80. The van der Waals surface area contributed by atoms with Gasteiger partial charge in [0.25, 0.3) is 11.8 Å². The first-order valence-electron chi connectivity index (χ1n) is 14.4. The lowest BCUT2D eigenvalue weighted by Crippen LogP contribution is -2.42. The van der Waals surface area contributed by atoms with E-state index in [0.29, 0.717) is 23.1 Å². The Morgan fingerprint density at radius 1 is 0.565 bits per heavy atom. The predicted octanol–water partition coefficient (Wildman–Crippen LogP) is 7.19. The summed E-state index contributed by atoms with van der Waals surface area (Å²) in [6.07, 6.45) is 3.51. The van der Waals surface area contributed by atoms with Crippen LogP contribution in [0.2, 0.25) is 0 Å². The topological polar surface area (TPSA) is 83.8 Å². The Bertz CT molecular complexity index is 1760. The molecule has 2 amide bonds. The van der Waals surface area contributed by atoms with E-state index in [1.165, 1.54) is 0 Å². The zero-order chi connectivity index (χ0) is 32.2. The summed E-state index contributed by atoms with van der Waals surface area (Å²) in [5.74, 6) is 1.96. The van der Waals surface area contributed by atoms with Gasteiger partial charge < -0.3 is 9.47 Å². The Hall–Kier alpha value is -4.80. The minimum atomic E-state index is -0.253. The zero-order valence-corrected chi connectivity index (χ0v) is 28.2. The second-order valence-electron chi connectivity index (χ2n) is 10.4. The molecule has 0 atom stereocenters. The number of amidine groups is 2. The maximum Gasteiger partial charge on any atom is 0.278 e. The molecule has 0 saturated heterocycles. The smallest absolute Gasteiger partial charge is 0.278 e. The first kappa shape index (κ1) is 31.2. The molecule has 4 aromatic carbocycles. The van der Waals surface area contributed by atoms with Gasteiger partial charge in [-0.25, -0.2) is 9.98 Å². The number of amides is 2. The molecule has 2 aliphatic rings. The average Bonchev–Trinajstić information content (AvgIpc) is 3.55. The molecule has 0 spiro atoms. The van der Waals surface area contributed by atoms with Gasteiger partial charge in [-0.05, 0) is 71.8 Å². The fourth-order valence-electron chi connectivity index (χ4n) is 5.07. The number of aliphatic imine (C=N–C) groups is 2. The van der Waals surface area contributed by atoms with E-state index in [2.05, 4.69) is 31.9 Å². The second kappa shape index (κ2) is 13.7. The van der Waals surface area contributed by atoms with Crippen molar-refractivity contribution in [2.75, 3.05) is 27.3 Å². The van der Waals surface area contributed by atoms with Gasteiger partial charge in [-0.3, -0.25) is 19.4 Å². The molecule has 6 rings (SSSR count). The monoisotopic (exact) mass is 738 g/mol. The maximum atomic E-state index is 13.9. The first-order valence-corrected chi connectivity index (χ1v) is 16.0. The van der Waals surface area contributed by atoms with Gasteiger partial charge in [0.15, 0.2) is 0 Å². The molecule has 10 heteroatoms. The van der Waals surface area contributed by atoms with Crippen LogP contribution < -0.4 is 9.47 Å². The van der Waals surface area contributed by atoms with Crippen LogP contribution in [0.15, 0.2) is 127 Å². The number of benzene rings is 4. The van der Waals surface area contributed by atoms with Crippen molar-refractivity contribution in [3.05, 3.63) is 140 Å². The van der Waals surface area contributed by atoms with Gasteiger partial charge in [0.05, 0.1) is 14.2 Å². The van der Waals surface area contributed by atoms with Crippen molar-refractivity contribution < 1.29 is 19.1 Å². The number of nitrogens with zero attached hydrogens (tertiary/aromatic N) is 4. The Morgan fingerprint density at radius 3 is 1.24 bits per heavy atom. The summed E-state index contributed by atoms with van der Waals surface area (Å²) in [5, 5.41) is 0. The first-order chi connectivity index (χ1) is 22.3. The highest BCUT2D eigenvalue weighted by Gasteiger charge is 2.35. The third-order valence-electron chi connectivity index (χ3n) is 7.48. The van der Waals surface area contributed by atoms with Crippen molar-refractivity contribution in [3.63, 3.8) is 0 Å².